The number of nitrogens with one attached hydrogen (secondary N) is 2. The van der Waals surface area contributed by atoms with Crippen LogP contribution in [0.25, 0.3) is 0 Å². The summed E-state index contributed by atoms with van der Waals surface area (Å²) >= 11 is 6.42. The summed E-state index contributed by atoms with van der Waals surface area (Å²) in [7, 11) is -2.76. The lowest BCUT2D eigenvalue weighted by Gasteiger charge is -2.32. The zero-order valence-corrected chi connectivity index (χ0v) is 23.8. The number of aliphatic hydroxyl groups is 1. The van der Waals surface area contributed by atoms with E-state index in [-0.39, 0.29) is 42.5 Å². The third-order valence-corrected chi connectivity index (χ3v) is 11.0. The Morgan fingerprint density at radius 3 is 2.76 bits per heavy atom. The predicted octanol–water partition coefficient (Wildman–Crippen LogP) is 3.76. The Hall–Kier alpha value is -2.27. The smallest absolute Gasteiger partial charge is 0.264 e. The maximum Gasteiger partial charge on any atom is 0.264 e. The molecule has 204 valence electrons. The van der Waals surface area contributed by atoms with Crippen LogP contribution in [-0.4, -0.2) is 55.3 Å². The second-order valence-corrected chi connectivity index (χ2v) is 15.7. The lowest BCUT2D eigenvalue weighted by molar-refractivity contribution is -0.146. The number of hydrogen-bond acceptors (Lipinski definition) is 6. The van der Waals surface area contributed by atoms with Crippen LogP contribution in [0.5, 0.6) is 0 Å². The summed E-state index contributed by atoms with van der Waals surface area (Å²) in [5, 5.41) is 16.4. The maximum absolute atomic E-state index is 14.3. The van der Waals surface area contributed by atoms with Gasteiger partial charge in [-0.05, 0) is 74.8 Å². The highest BCUT2D eigenvalue weighted by Crippen LogP contribution is 2.60. The molecular formula is C28H36ClN3O5Si. The van der Waals surface area contributed by atoms with Gasteiger partial charge in [0.25, 0.3) is 5.91 Å². The van der Waals surface area contributed by atoms with Crippen molar-refractivity contribution in [2.45, 2.75) is 69.1 Å². The van der Waals surface area contributed by atoms with Gasteiger partial charge in [-0.15, -0.1) is 0 Å². The van der Waals surface area contributed by atoms with Crippen molar-refractivity contribution < 1.29 is 24.2 Å². The van der Waals surface area contributed by atoms with Crippen LogP contribution in [0.15, 0.2) is 42.5 Å². The largest absolute Gasteiger partial charge is 0.432 e. The van der Waals surface area contributed by atoms with Gasteiger partial charge in [-0.1, -0.05) is 30.7 Å². The fraction of sp³-hybridized carbons (Fsp3) is 0.500. The van der Waals surface area contributed by atoms with Gasteiger partial charge in [-0.3, -0.25) is 9.59 Å². The SMILES string of the molecule is C[C@@H]1[C@@H]([Si](C)(C)O)[C@H](CCO)O[C@@]12C(=O)N(Cc1cccc(NC(=O)[C@H]3CCCN3)c1)c1ccc(Cl)cc12. The van der Waals surface area contributed by atoms with Crippen LogP contribution in [-0.2, 0) is 26.5 Å². The van der Waals surface area contributed by atoms with E-state index in [1.54, 1.807) is 17.0 Å². The molecule has 0 unspecified atom stereocenters. The number of anilines is 2. The molecule has 1 spiro atoms. The molecule has 38 heavy (non-hydrogen) atoms. The number of aliphatic hydroxyl groups excluding tert-OH is 1. The standard InChI is InChI=1S/C28H36ClN3O5Si/c1-17-25(38(2,3)36)24(11-13-33)37-28(17)21-15-19(29)9-10-23(21)32(27(28)35)16-18-6-4-7-20(14-18)31-26(34)22-8-5-12-30-22/h4,6-7,9-10,14-15,17,22,24-25,30,33,36H,5,8,11-13,16H2,1-3H3,(H,31,34)/t17-,22-,24+,25-,28+/m1/s1. The van der Waals surface area contributed by atoms with Gasteiger partial charge in [0, 0.05) is 34.3 Å². The molecule has 4 N–H and O–H groups in total. The first-order valence-electron chi connectivity index (χ1n) is 13.3. The minimum atomic E-state index is -2.76. The summed E-state index contributed by atoms with van der Waals surface area (Å²) in [4.78, 5) is 39.8. The molecule has 2 aromatic carbocycles. The average Bonchev–Trinajstić information content (AvgIpc) is 3.54. The minimum Gasteiger partial charge on any atom is -0.432 e. The van der Waals surface area contributed by atoms with Crippen molar-refractivity contribution in [2.75, 3.05) is 23.4 Å². The van der Waals surface area contributed by atoms with Gasteiger partial charge in [0.05, 0.1) is 24.4 Å². The Balaban J connectivity index is 1.47. The third-order valence-electron chi connectivity index (χ3n) is 8.27. The van der Waals surface area contributed by atoms with Crippen molar-refractivity contribution >= 4 is 43.1 Å². The van der Waals surface area contributed by atoms with Crippen molar-refractivity contribution in [3.05, 3.63) is 58.6 Å². The number of benzene rings is 2. The number of carbonyl (C=O) groups excluding carboxylic acids is 2. The molecule has 0 radical (unpaired) electrons. The Morgan fingerprint density at radius 1 is 1.29 bits per heavy atom. The molecule has 0 saturated carbocycles. The Bertz CT molecular complexity index is 1230. The monoisotopic (exact) mass is 557 g/mol. The highest BCUT2D eigenvalue weighted by molar-refractivity contribution is 6.71. The van der Waals surface area contributed by atoms with Crippen LogP contribution in [0.3, 0.4) is 0 Å². The number of ether oxygens (including phenoxy) is 1. The molecule has 0 bridgehead atoms. The lowest BCUT2D eigenvalue weighted by atomic mass is 9.82. The number of fused-ring (bicyclic) bond motifs is 2. The summed E-state index contributed by atoms with van der Waals surface area (Å²) in [6.07, 6.45) is 1.70. The molecular weight excluding hydrogens is 522 g/mol. The molecule has 2 fully saturated rings. The fourth-order valence-electron chi connectivity index (χ4n) is 6.67. The quantitative estimate of drug-likeness (QED) is 0.386. The Morgan fingerprint density at radius 2 is 2.08 bits per heavy atom. The summed E-state index contributed by atoms with van der Waals surface area (Å²) in [5.74, 6) is -0.568. The van der Waals surface area contributed by atoms with E-state index < -0.39 is 20.0 Å². The van der Waals surface area contributed by atoms with Gasteiger partial charge < -0.3 is 30.2 Å². The summed E-state index contributed by atoms with van der Waals surface area (Å²) in [6, 6.07) is 12.7. The van der Waals surface area contributed by atoms with Crippen molar-refractivity contribution in [3.8, 4) is 0 Å². The van der Waals surface area contributed by atoms with E-state index in [4.69, 9.17) is 16.3 Å². The summed E-state index contributed by atoms with van der Waals surface area (Å²) < 4.78 is 6.60. The van der Waals surface area contributed by atoms with Gasteiger partial charge in [0.1, 0.15) is 0 Å². The average molecular weight is 558 g/mol. The van der Waals surface area contributed by atoms with Gasteiger partial charge >= 0.3 is 0 Å². The first-order chi connectivity index (χ1) is 18.1. The van der Waals surface area contributed by atoms with Gasteiger partial charge in [-0.25, -0.2) is 0 Å². The van der Waals surface area contributed by atoms with Gasteiger partial charge in [0.2, 0.25) is 5.91 Å². The molecule has 5 atom stereocenters. The number of amides is 2. The van der Waals surface area contributed by atoms with E-state index in [1.807, 2.05) is 50.3 Å². The molecule has 2 saturated heterocycles. The summed E-state index contributed by atoms with van der Waals surface area (Å²) in [5.41, 5.74) is 1.42. The summed E-state index contributed by atoms with van der Waals surface area (Å²) in [6.45, 7) is 6.72. The second kappa shape index (κ2) is 10.4. The molecule has 3 aliphatic rings. The molecule has 0 aliphatic carbocycles. The maximum atomic E-state index is 14.3. The van der Waals surface area contributed by atoms with Crippen LogP contribution in [0.2, 0.25) is 23.7 Å². The number of carbonyl (C=O) groups is 2. The molecule has 8 nitrogen and oxygen atoms in total. The van der Waals surface area contributed by atoms with Crippen LogP contribution in [0.4, 0.5) is 11.4 Å². The van der Waals surface area contributed by atoms with Crippen molar-refractivity contribution in [3.63, 3.8) is 0 Å². The minimum absolute atomic E-state index is 0.0548. The second-order valence-electron chi connectivity index (χ2n) is 11.3. The Labute approximate surface area is 229 Å². The highest BCUT2D eigenvalue weighted by Gasteiger charge is 2.66. The van der Waals surface area contributed by atoms with Gasteiger partial charge in [0.15, 0.2) is 13.9 Å². The van der Waals surface area contributed by atoms with Crippen molar-refractivity contribution in [2.24, 2.45) is 5.92 Å². The van der Waals surface area contributed by atoms with Crippen molar-refractivity contribution in [1.29, 1.82) is 0 Å². The number of nitrogens with zero attached hydrogens (tertiary/aromatic N) is 1. The Kier molecular flexibility index (Phi) is 7.45. The van der Waals surface area contributed by atoms with Crippen LogP contribution >= 0.6 is 11.6 Å². The van der Waals surface area contributed by atoms with Crippen molar-refractivity contribution in [1.82, 2.24) is 5.32 Å². The number of rotatable bonds is 7. The number of halogens is 1. The topological polar surface area (TPSA) is 111 Å². The third kappa shape index (κ3) is 4.69. The first-order valence-corrected chi connectivity index (χ1v) is 16.7. The van der Waals surface area contributed by atoms with E-state index in [0.717, 1.165) is 30.6 Å². The van der Waals surface area contributed by atoms with Crippen LogP contribution in [0.1, 0.15) is 37.3 Å². The molecule has 10 heteroatoms. The molecule has 0 aromatic heterocycles. The lowest BCUT2D eigenvalue weighted by Crippen LogP contribution is -2.46. The molecule has 2 amide bonds. The molecule has 3 aliphatic heterocycles. The van der Waals surface area contributed by atoms with E-state index in [0.29, 0.717) is 22.7 Å². The van der Waals surface area contributed by atoms with E-state index in [9.17, 15) is 19.5 Å². The van der Waals surface area contributed by atoms with Gasteiger partial charge in [-0.2, -0.15) is 0 Å². The van der Waals surface area contributed by atoms with E-state index in [2.05, 4.69) is 10.6 Å². The van der Waals surface area contributed by atoms with E-state index in [1.165, 1.54) is 0 Å². The normalized spacial score (nSPS) is 28.8. The zero-order valence-electron chi connectivity index (χ0n) is 22.0. The first kappa shape index (κ1) is 27.3. The van der Waals surface area contributed by atoms with E-state index >= 15 is 0 Å². The predicted molar refractivity (Wildman–Crippen MR) is 150 cm³/mol. The van der Waals surface area contributed by atoms with Crippen LogP contribution in [0, 0.1) is 5.92 Å². The number of hydrogen-bond donors (Lipinski definition) is 4. The zero-order chi connectivity index (χ0) is 27.2. The van der Waals surface area contributed by atoms with Crippen LogP contribution < -0.4 is 15.5 Å². The fourth-order valence-corrected chi connectivity index (χ4v) is 9.45. The molecule has 2 aromatic rings. The highest BCUT2D eigenvalue weighted by atomic mass is 35.5. The molecule has 3 heterocycles. The molecule has 5 rings (SSSR count).